The van der Waals surface area contributed by atoms with Gasteiger partial charge in [-0.25, -0.2) is 4.98 Å². The van der Waals surface area contributed by atoms with E-state index in [0.29, 0.717) is 11.4 Å². The van der Waals surface area contributed by atoms with Crippen molar-refractivity contribution in [2.75, 3.05) is 7.11 Å². The van der Waals surface area contributed by atoms with Crippen molar-refractivity contribution in [2.45, 2.75) is 12.2 Å². The summed E-state index contributed by atoms with van der Waals surface area (Å²) in [6.45, 7) is 0. The van der Waals surface area contributed by atoms with Crippen LogP contribution in [0.5, 0.6) is 5.88 Å². The second-order valence-corrected chi connectivity index (χ2v) is 2.65. The number of aliphatic hydroxyl groups excluding tert-OH is 2. The number of nitriles is 1. The van der Waals surface area contributed by atoms with Gasteiger partial charge in [0.2, 0.25) is 5.88 Å². The van der Waals surface area contributed by atoms with Gasteiger partial charge in [0.05, 0.1) is 13.2 Å². The summed E-state index contributed by atoms with van der Waals surface area (Å²) in [7, 11) is 1.47. The second kappa shape index (κ2) is 4.56. The third-order valence-corrected chi connectivity index (χ3v) is 1.74. The summed E-state index contributed by atoms with van der Waals surface area (Å²) >= 11 is 0. The number of aliphatic hydroxyl groups is 2. The number of hydrogen-bond donors (Lipinski definition) is 2. The lowest BCUT2D eigenvalue weighted by atomic mass is 10.1. The Kier molecular flexibility index (Phi) is 3.40. The van der Waals surface area contributed by atoms with Crippen LogP contribution in [0, 0.1) is 11.3 Å². The van der Waals surface area contributed by atoms with E-state index in [2.05, 4.69) is 4.98 Å². The van der Waals surface area contributed by atoms with Crippen LogP contribution < -0.4 is 4.74 Å². The molecule has 0 aliphatic carbocycles. The molecule has 5 nitrogen and oxygen atoms in total. The Balaban J connectivity index is 2.82. The minimum Gasteiger partial charge on any atom is -0.481 e. The summed E-state index contributed by atoms with van der Waals surface area (Å²) in [6.07, 6.45) is -1.33. The number of aromatic nitrogens is 1. The molecule has 2 unspecified atom stereocenters. The zero-order valence-corrected chi connectivity index (χ0v) is 7.58. The van der Waals surface area contributed by atoms with Crippen molar-refractivity contribution in [3.05, 3.63) is 23.9 Å². The van der Waals surface area contributed by atoms with Crippen LogP contribution in [0.4, 0.5) is 0 Å². The molecule has 0 amide bonds. The average molecular weight is 194 g/mol. The van der Waals surface area contributed by atoms with Gasteiger partial charge < -0.3 is 14.9 Å². The van der Waals surface area contributed by atoms with Crippen LogP contribution in [-0.2, 0) is 0 Å². The first-order chi connectivity index (χ1) is 6.69. The van der Waals surface area contributed by atoms with Gasteiger partial charge in [0, 0.05) is 17.8 Å². The highest BCUT2D eigenvalue weighted by Gasteiger charge is 2.17. The standard InChI is InChI=1S/C9H10N2O3/c1-14-8-3-2-6(5-11-8)9(13)7(12)4-10/h2-3,5,7,9,12-13H,1H3. The zero-order chi connectivity index (χ0) is 10.6. The minimum atomic E-state index is -1.44. The molecule has 1 heterocycles. The lowest BCUT2D eigenvalue weighted by Crippen LogP contribution is -2.15. The van der Waals surface area contributed by atoms with Gasteiger partial charge in [-0.15, -0.1) is 0 Å². The van der Waals surface area contributed by atoms with Gasteiger partial charge in [-0.1, -0.05) is 0 Å². The van der Waals surface area contributed by atoms with Gasteiger partial charge in [0.25, 0.3) is 0 Å². The molecule has 1 aromatic heterocycles. The van der Waals surface area contributed by atoms with Crippen molar-refractivity contribution in [3.63, 3.8) is 0 Å². The van der Waals surface area contributed by atoms with Crippen molar-refractivity contribution in [1.29, 1.82) is 5.26 Å². The van der Waals surface area contributed by atoms with Crippen LogP contribution in [0.25, 0.3) is 0 Å². The van der Waals surface area contributed by atoms with E-state index in [1.807, 2.05) is 0 Å². The topological polar surface area (TPSA) is 86.4 Å². The zero-order valence-electron chi connectivity index (χ0n) is 7.58. The van der Waals surface area contributed by atoms with Crippen molar-refractivity contribution >= 4 is 0 Å². The summed E-state index contributed by atoms with van der Waals surface area (Å²) < 4.78 is 4.82. The fourth-order valence-corrected chi connectivity index (χ4v) is 0.940. The van der Waals surface area contributed by atoms with Crippen molar-refractivity contribution < 1.29 is 14.9 Å². The lowest BCUT2D eigenvalue weighted by molar-refractivity contribution is 0.0525. The van der Waals surface area contributed by atoms with Gasteiger partial charge in [0.15, 0.2) is 6.10 Å². The molecule has 0 spiro atoms. The molecule has 0 saturated carbocycles. The van der Waals surface area contributed by atoms with Crippen molar-refractivity contribution in [3.8, 4) is 11.9 Å². The normalized spacial score (nSPS) is 14.1. The molecule has 0 aromatic carbocycles. The van der Waals surface area contributed by atoms with Crippen LogP contribution in [0.1, 0.15) is 11.7 Å². The van der Waals surface area contributed by atoms with Gasteiger partial charge in [0.1, 0.15) is 6.10 Å². The highest BCUT2D eigenvalue weighted by Crippen LogP contribution is 2.17. The third kappa shape index (κ3) is 2.19. The van der Waals surface area contributed by atoms with Crippen molar-refractivity contribution in [1.82, 2.24) is 4.98 Å². The summed E-state index contributed by atoms with van der Waals surface area (Å²) in [5, 5.41) is 26.8. The Morgan fingerprint density at radius 1 is 1.50 bits per heavy atom. The summed E-state index contributed by atoms with van der Waals surface area (Å²) in [6, 6.07) is 4.62. The molecule has 1 aromatic rings. The number of hydrogen-bond acceptors (Lipinski definition) is 5. The SMILES string of the molecule is COc1ccc(C(O)C(O)C#N)cn1. The molecule has 1 rings (SSSR count). The Morgan fingerprint density at radius 3 is 2.64 bits per heavy atom. The van der Waals surface area contributed by atoms with Crippen LogP contribution in [0.2, 0.25) is 0 Å². The molecular formula is C9H10N2O3. The Bertz CT molecular complexity index is 331. The predicted molar refractivity (Wildman–Crippen MR) is 47.4 cm³/mol. The number of ether oxygens (including phenoxy) is 1. The van der Waals surface area contributed by atoms with Gasteiger partial charge >= 0.3 is 0 Å². The van der Waals surface area contributed by atoms with Crippen LogP contribution in [-0.4, -0.2) is 28.4 Å². The molecule has 14 heavy (non-hydrogen) atoms. The van der Waals surface area contributed by atoms with E-state index in [-0.39, 0.29) is 0 Å². The highest BCUT2D eigenvalue weighted by molar-refractivity contribution is 5.21. The van der Waals surface area contributed by atoms with Gasteiger partial charge in [-0.2, -0.15) is 5.26 Å². The summed E-state index contributed by atoms with van der Waals surface area (Å²) in [4.78, 5) is 3.83. The predicted octanol–water partition coefficient (Wildman–Crippen LogP) is 0.00808. The van der Waals surface area contributed by atoms with E-state index in [4.69, 9.17) is 15.1 Å². The largest absolute Gasteiger partial charge is 0.481 e. The van der Waals surface area contributed by atoms with E-state index in [1.165, 1.54) is 25.4 Å². The fraction of sp³-hybridized carbons (Fsp3) is 0.333. The number of rotatable bonds is 3. The number of pyridine rings is 1. The molecule has 2 N–H and O–H groups in total. The minimum absolute atomic E-state index is 0.375. The Hall–Kier alpha value is -1.64. The maximum absolute atomic E-state index is 9.40. The quantitative estimate of drug-likeness (QED) is 0.662. The van der Waals surface area contributed by atoms with E-state index in [1.54, 1.807) is 6.07 Å². The molecule has 0 bridgehead atoms. The summed E-state index contributed by atoms with van der Waals surface area (Å²) in [5.41, 5.74) is 0.375. The number of methoxy groups -OCH3 is 1. The van der Waals surface area contributed by atoms with E-state index < -0.39 is 12.2 Å². The second-order valence-electron chi connectivity index (χ2n) is 2.65. The molecule has 0 aliphatic heterocycles. The van der Waals surface area contributed by atoms with Gasteiger partial charge in [-0.05, 0) is 6.07 Å². The fourth-order valence-electron chi connectivity index (χ4n) is 0.940. The molecule has 74 valence electrons. The molecule has 0 fully saturated rings. The monoisotopic (exact) mass is 194 g/mol. The summed E-state index contributed by atoms with van der Waals surface area (Å²) in [5.74, 6) is 0.410. The first-order valence-electron chi connectivity index (χ1n) is 3.94. The lowest BCUT2D eigenvalue weighted by Gasteiger charge is -2.11. The maximum atomic E-state index is 9.40. The molecule has 0 radical (unpaired) electrons. The first kappa shape index (κ1) is 10.4. The van der Waals surface area contributed by atoms with E-state index in [0.717, 1.165) is 0 Å². The third-order valence-electron chi connectivity index (χ3n) is 1.74. The molecular weight excluding hydrogens is 184 g/mol. The van der Waals surface area contributed by atoms with Crippen LogP contribution >= 0.6 is 0 Å². The van der Waals surface area contributed by atoms with Crippen molar-refractivity contribution in [2.24, 2.45) is 0 Å². The first-order valence-corrected chi connectivity index (χ1v) is 3.94. The maximum Gasteiger partial charge on any atom is 0.212 e. The average Bonchev–Trinajstić information content (AvgIpc) is 2.27. The molecule has 0 saturated heterocycles. The molecule has 0 aliphatic rings. The highest BCUT2D eigenvalue weighted by atomic mass is 16.5. The Labute approximate surface area is 81.2 Å². The van der Waals surface area contributed by atoms with E-state index >= 15 is 0 Å². The number of nitrogens with zero attached hydrogens (tertiary/aromatic N) is 2. The van der Waals surface area contributed by atoms with Crippen LogP contribution in [0.15, 0.2) is 18.3 Å². The van der Waals surface area contributed by atoms with Crippen LogP contribution in [0.3, 0.4) is 0 Å². The van der Waals surface area contributed by atoms with Gasteiger partial charge in [-0.3, -0.25) is 0 Å². The smallest absolute Gasteiger partial charge is 0.212 e. The Morgan fingerprint density at radius 2 is 2.21 bits per heavy atom. The molecule has 5 heteroatoms. The molecule has 2 atom stereocenters. The van der Waals surface area contributed by atoms with E-state index in [9.17, 15) is 5.11 Å².